The van der Waals surface area contributed by atoms with Crippen LogP contribution in [0.2, 0.25) is 0 Å². The lowest BCUT2D eigenvalue weighted by atomic mass is 10.1. The highest BCUT2D eigenvalue weighted by Crippen LogP contribution is 2.30. The Bertz CT molecular complexity index is 664. The van der Waals surface area contributed by atoms with Crippen LogP contribution in [-0.2, 0) is 20.9 Å². The van der Waals surface area contributed by atoms with E-state index in [-0.39, 0.29) is 23.8 Å². The van der Waals surface area contributed by atoms with Gasteiger partial charge in [-0.2, -0.15) is 0 Å². The molecule has 1 heterocycles. The molecule has 0 spiro atoms. The Morgan fingerprint density at radius 2 is 2.07 bits per heavy atom. The van der Waals surface area contributed by atoms with Crippen molar-refractivity contribution in [3.05, 3.63) is 29.8 Å². The second kappa shape index (κ2) is 10.7. The summed E-state index contributed by atoms with van der Waals surface area (Å²) in [5.74, 6) is 2.29. The minimum Gasteiger partial charge on any atom is -0.493 e. The molecule has 1 saturated carbocycles. The Morgan fingerprint density at radius 3 is 2.86 bits per heavy atom. The smallest absolute Gasteiger partial charge is 0.243 e. The first kappa shape index (κ1) is 21.0. The van der Waals surface area contributed by atoms with E-state index in [2.05, 4.69) is 5.32 Å². The van der Waals surface area contributed by atoms with E-state index in [0.29, 0.717) is 31.4 Å². The van der Waals surface area contributed by atoms with Crippen LogP contribution >= 0.6 is 11.8 Å². The van der Waals surface area contributed by atoms with Gasteiger partial charge in [0, 0.05) is 38.4 Å². The molecule has 7 heteroatoms. The van der Waals surface area contributed by atoms with Gasteiger partial charge in [-0.25, -0.2) is 0 Å². The minimum atomic E-state index is -0.355. The van der Waals surface area contributed by atoms with Crippen molar-refractivity contribution < 1.29 is 19.1 Å². The van der Waals surface area contributed by atoms with Gasteiger partial charge in [-0.05, 0) is 30.5 Å². The van der Waals surface area contributed by atoms with Crippen molar-refractivity contribution in [3.8, 4) is 5.75 Å². The summed E-state index contributed by atoms with van der Waals surface area (Å²) in [6.45, 7) is 1.70. The van der Waals surface area contributed by atoms with Crippen molar-refractivity contribution in [1.29, 1.82) is 0 Å². The first-order chi connectivity index (χ1) is 13.7. The molecule has 0 radical (unpaired) electrons. The number of thioether (sulfide) groups is 1. The average Bonchev–Trinajstić information content (AvgIpc) is 3.41. The van der Waals surface area contributed by atoms with E-state index in [1.54, 1.807) is 23.8 Å². The number of methoxy groups -OCH3 is 1. The van der Waals surface area contributed by atoms with Crippen LogP contribution in [0.1, 0.15) is 37.7 Å². The molecule has 1 aliphatic heterocycles. The molecule has 2 fully saturated rings. The van der Waals surface area contributed by atoms with Crippen LogP contribution in [0.15, 0.2) is 24.3 Å². The van der Waals surface area contributed by atoms with Gasteiger partial charge < -0.3 is 19.7 Å². The third-order valence-corrected chi connectivity index (χ3v) is 6.31. The summed E-state index contributed by atoms with van der Waals surface area (Å²) >= 11 is 1.66. The number of rotatable bonds is 9. The molecule has 2 amide bonds. The summed E-state index contributed by atoms with van der Waals surface area (Å²) in [6, 6.07) is 7.39. The zero-order valence-corrected chi connectivity index (χ0v) is 17.3. The van der Waals surface area contributed by atoms with E-state index < -0.39 is 0 Å². The molecule has 0 unspecified atom stereocenters. The normalized spacial score (nSPS) is 19.8. The van der Waals surface area contributed by atoms with Crippen molar-refractivity contribution in [1.82, 2.24) is 10.2 Å². The van der Waals surface area contributed by atoms with Crippen LogP contribution in [0.25, 0.3) is 0 Å². The van der Waals surface area contributed by atoms with Crippen LogP contribution < -0.4 is 10.1 Å². The van der Waals surface area contributed by atoms with Gasteiger partial charge in [-0.1, -0.05) is 25.0 Å². The van der Waals surface area contributed by atoms with Crippen LogP contribution in [0.5, 0.6) is 5.75 Å². The number of nitrogens with zero attached hydrogens (tertiary/aromatic N) is 1. The number of ether oxygens (including phenoxy) is 2. The van der Waals surface area contributed by atoms with Crippen molar-refractivity contribution in [3.63, 3.8) is 0 Å². The zero-order chi connectivity index (χ0) is 19.8. The lowest BCUT2D eigenvalue weighted by Crippen LogP contribution is -2.48. The quantitative estimate of drug-likeness (QED) is 0.639. The monoisotopic (exact) mass is 406 g/mol. The molecule has 0 bridgehead atoms. The molecule has 1 aliphatic carbocycles. The van der Waals surface area contributed by atoms with Gasteiger partial charge in [-0.3, -0.25) is 9.59 Å². The number of carbonyl (C=O) groups is 2. The average molecular weight is 407 g/mol. The molecule has 1 saturated heterocycles. The van der Waals surface area contributed by atoms with E-state index in [4.69, 9.17) is 9.47 Å². The molecular weight excluding hydrogens is 376 g/mol. The Hall–Kier alpha value is -1.73. The summed E-state index contributed by atoms with van der Waals surface area (Å²) < 4.78 is 10.7. The third-order valence-electron chi connectivity index (χ3n) is 5.30. The summed E-state index contributed by atoms with van der Waals surface area (Å²) in [7, 11) is 1.68. The fraction of sp³-hybridized carbons (Fsp3) is 0.619. The second-order valence-corrected chi connectivity index (χ2v) is 8.36. The first-order valence-electron chi connectivity index (χ1n) is 10.1. The van der Waals surface area contributed by atoms with Crippen LogP contribution in [0.4, 0.5) is 0 Å². The van der Waals surface area contributed by atoms with E-state index in [9.17, 15) is 9.59 Å². The number of nitrogens with one attached hydrogen (secondary N) is 1. The number of hydrogen-bond donors (Lipinski definition) is 1. The van der Waals surface area contributed by atoms with Gasteiger partial charge in [0.2, 0.25) is 11.8 Å². The molecule has 2 aliphatic rings. The standard InChI is InChI=1S/C21H30N2O4S/c1-26-10-5-11-27-18-9-4-6-16(12-18)13-22-20(24)19-14-28-15-23(19)21(25)17-7-2-3-8-17/h4,6,9,12,17,19H,2-3,5,7-8,10-11,13-15H2,1H3,(H,22,24)/t19-/m0/s1. The minimum absolute atomic E-state index is 0.0669. The van der Waals surface area contributed by atoms with E-state index in [1.165, 1.54) is 0 Å². The molecule has 154 valence electrons. The van der Waals surface area contributed by atoms with Crippen LogP contribution in [0.3, 0.4) is 0 Å². The predicted molar refractivity (Wildman–Crippen MR) is 110 cm³/mol. The molecule has 0 aromatic heterocycles. The van der Waals surface area contributed by atoms with E-state index in [0.717, 1.165) is 43.4 Å². The highest BCUT2D eigenvalue weighted by Gasteiger charge is 2.38. The molecule has 1 aromatic carbocycles. The predicted octanol–water partition coefficient (Wildman–Crippen LogP) is 2.81. The van der Waals surface area contributed by atoms with Gasteiger partial charge in [0.15, 0.2) is 0 Å². The maximum atomic E-state index is 12.7. The number of benzene rings is 1. The second-order valence-electron chi connectivity index (χ2n) is 7.37. The van der Waals surface area contributed by atoms with Gasteiger partial charge >= 0.3 is 0 Å². The lowest BCUT2D eigenvalue weighted by Gasteiger charge is -2.25. The van der Waals surface area contributed by atoms with Crippen molar-refractivity contribution in [2.75, 3.05) is 32.0 Å². The Kier molecular flexibility index (Phi) is 8.03. The van der Waals surface area contributed by atoms with Gasteiger partial charge in [0.1, 0.15) is 11.8 Å². The third kappa shape index (κ3) is 5.64. The molecule has 1 N–H and O–H groups in total. The molecule has 1 aromatic rings. The molecular formula is C21H30N2O4S. The zero-order valence-electron chi connectivity index (χ0n) is 16.5. The van der Waals surface area contributed by atoms with Crippen LogP contribution in [0, 0.1) is 5.92 Å². The maximum Gasteiger partial charge on any atom is 0.243 e. The summed E-state index contributed by atoms with van der Waals surface area (Å²) in [5.41, 5.74) is 0.983. The van der Waals surface area contributed by atoms with Crippen molar-refractivity contribution >= 4 is 23.6 Å². The Balaban J connectivity index is 1.49. The largest absolute Gasteiger partial charge is 0.493 e. The number of carbonyl (C=O) groups excluding carboxylic acids is 2. The topological polar surface area (TPSA) is 67.9 Å². The lowest BCUT2D eigenvalue weighted by molar-refractivity contribution is -0.141. The Labute approximate surface area is 171 Å². The Morgan fingerprint density at radius 1 is 1.25 bits per heavy atom. The maximum absolute atomic E-state index is 12.7. The fourth-order valence-electron chi connectivity index (χ4n) is 3.73. The van der Waals surface area contributed by atoms with Gasteiger partial charge in [0.05, 0.1) is 12.5 Å². The SMILES string of the molecule is COCCCOc1cccc(CNC(=O)[C@@H]2CSCN2C(=O)C2CCCC2)c1. The number of amides is 2. The summed E-state index contributed by atoms with van der Waals surface area (Å²) in [5, 5.41) is 3.00. The van der Waals surface area contributed by atoms with Crippen LogP contribution in [-0.4, -0.2) is 54.7 Å². The number of hydrogen-bond acceptors (Lipinski definition) is 5. The van der Waals surface area contributed by atoms with Gasteiger partial charge in [0.25, 0.3) is 0 Å². The highest BCUT2D eigenvalue weighted by molar-refractivity contribution is 7.99. The van der Waals surface area contributed by atoms with E-state index in [1.807, 2.05) is 24.3 Å². The van der Waals surface area contributed by atoms with E-state index >= 15 is 0 Å². The van der Waals surface area contributed by atoms with Crippen molar-refractivity contribution in [2.45, 2.75) is 44.7 Å². The fourth-order valence-corrected chi connectivity index (χ4v) is 4.89. The molecule has 1 atom stereocenters. The first-order valence-corrected chi connectivity index (χ1v) is 11.2. The summed E-state index contributed by atoms with van der Waals surface area (Å²) in [4.78, 5) is 27.2. The highest BCUT2D eigenvalue weighted by atomic mass is 32.2. The van der Waals surface area contributed by atoms with Crippen molar-refractivity contribution in [2.24, 2.45) is 5.92 Å². The van der Waals surface area contributed by atoms with Gasteiger partial charge in [-0.15, -0.1) is 11.8 Å². The molecule has 6 nitrogen and oxygen atoms in total. The molecule has 28 heavy (non-hydrogen) atoms. The molecule has 3 rings (SSSR count). The summed E-state index contributed by atoms with van der Waals surface area (Å²) in [6.07, 6.45) is 5.01.